The third kappa shape index (κ3) is 1.86. The second kappa shape index (κ2) is 3.62. The predicted molar refractivity (Wildman–Crippen MR) is 32.0 cm³/mol. The van der Waals surface area contributed by atoms with Gasteiger partial charge in [-0.15, -0.1) is 0 Å². The molecule has 1 atom stereocenters. The average molecular weight is 141 g/mol. The third-order valence-corrected chi connectivity index (χ3v) is 1.13. The molecule has 0 spiro atoms. The minimum Gasteiger partial charge on any atom is -0.481 e. The number of aliphatic carboxylic acids is 1. The Labute approximate surface area is 58.1 Å². The fourth-order valence-electron chi connectivity index (χ4n) is 0.550. The van der Waals surface area contributed by atoms with Crippen LogP contribution >= 0.6 is 0 Å². The molecule has 0 amide bonds. The van der Waals surface area contributed by atoms with E-state index in [4.69, 9.17) is 10.4 Å². The van der Waals surface area contributed by atoms with E-state index in [0.717, 1.165) is 0 Å². The lowest BCUT2D eigenvalue weighted by molar-refractivity contribution is -0.144. The number of carbonyl (C=O) groups is 2. The normalized spacial score (nSPS) is 11.6. The lowest BCUT2D eigenvalue weighted by atomic mass is 10.0. The van der Waals surface area contributed by atoms with E-state index in [2.05, 4.69) is 0 Å². The predicted octanol–water partition coefficient (Wildman–Crippen LogP) is 0.190. The molecule has 0 radical (unpaired) electrons. The first-order chi connectivity index (χ1) is 4.63. The van der Waals surface area contributed by atoms with Crippen molar-refractivity contribution in [3.8, 4) is 6.07 Å². The number of nitrogens with zero attached hydrogens (tertiary/aromatic N) is 1. The smallest absolute Gasteiger partial charge is 0.315 e. The van der Waals surface area contributed by atoms with Crippen molar-refractivity contribution >= 4 is 11.8 Å². The van der Waals surface area contributed by atoms with Gasteiger partial charge in [-0.25, -0.2) is 0 Å². The van der Waals surface area contributed by atoms with Crippen LogP contribution in [0.5, 0.6) is 0 Å². The fourth-order valence-corrected chi connectivity index (χ4v) is 0.550. The Hall–Kier alpha value is -1.37. The van der Waals surface area contributed by atoms with E-state index in [1.807, 2.05) is 0 Å². The number of carboxylic acid groups (broad SMARTS) is 1. The molecule has 54 valence electrons. The number of nitriles is 1. The lowest BCUT2D eigenvalue weighted by Crippen LogP contribution is -2.21. The molecular weight excluding hydrogens is 134 g/mol. The molecule has 0 aromatic rings. The summed E-state index contributed by atoms with van der Waals surface area (Å²) in [4.78, 5) is 20.6. The van der Waals surface area contributed by atoms with Crippen LogP contribution in [0.2, 0.25) is 0 Å². The van der Waals surface area contributed by atoms with Crippen molar-refractivity contribution in [2.45, 2.75) is 13.3 Å². The lowest BCUT2D eigenvalue weighted by Gasteiger charge is -1.99. The molecule has 0 saturated heterocycles. The molecule has 0 aliphatic heterocycles. The summed E-state index contributed by atoms with van der Waals surface area (Å²) in [6.45, 7) is 1.55. The van der Waals surface area contributed by atoms with Crippen LogP contribution in [0.15, 0.2) is 0 Å². The first kappa shape index (κ1) is 8.63. The van der Waals surface area contributed by atoms with Gasteiger partial charge in [0, 0.05) is 0 Å². The standard InChI is InChI=1S/C6H7NO3/c1-2-4(6(9)10)5(8)3-7/h4H,2H2,1H3,(H,9,10). The topological polar surface area (TPSA) is 78.2 Å². The summed E-state index contributed by atoms with van der Waals surface area (Å²) < 4.78 is 0. The maximum absolute atomic E-state index is 10.4. The quantitative estimate of drug-likeness (QED) is 0.449. The molecule has 0 saturated carbocycles. The van der Waals surface area contributed by atoms with E-state index in [1.165, 1.54) is 6.07 Å². The molecule has 1 N–H and O–H groups in total. The average Bonchev–Trinajstić information content (AvgIpc) is 1.88. The Kier molecular flexibility index (Phi) is 3.12. The van der Waals surface area contributed by atoms with Crippen LogP contribution in [0.25, 0.3) is 0 Å². The summed E-state index contributed by atoms with van der Waals surface area (Å²) in [6, 6.07) is 1.28. The van der Waals surface area contributed by atoms with Crippen LogP contribution in [0.1, 0.15) is 13.3 Å². The molecule has 0 aromatic carbocycles. The number of carbonyl (C=O) groups excluding carboxylic acids is 1. The summed E-state index contributed by atoms with van der Waals surface area (Å²) in [6.07, 6.45) is 0.168. The molecule has 10 heavy (non-hydrogen) atoms. The van der Waals surface area contributed by atoms with Crippen LogP contribution in [0, 0.1) is 17.2 Å². The van der Waals surface area contributed by atoms with Gasteiger partial charge >= 0.3 is 5.97 Å². The molecule has 0 fully saturated rings. The summed E-state index contributed by atoms with van der Waals surface area (Å²) in [5.74, 6) is -3.26. The molecule has 0 bridgehead atoms. The van der Waals surface area contributed by atoms with Crippen LogP contribution in [0.4, 0.5) is 0 Å². The number of ketones is 1. The molecule has 4 heteroatoms. The van der Waals surface area contributed by atoms with Gasteiger partial charge in [-0.2, -0.15) is 5.26 Å². The molecule has 0 heterocycles. The van der Waals surface area contributed by atoms with E-state index in [0.29, 0.717) is 0 Å². The summed E-state index contributed by atoms with van der Waals surface area (Å²) in [7, 11) is 0. The van der Waals surface area contributed by atoms with Gasteiger partial charge in [0.2, 0.25) is 5.78 Å². The van der Waals surface area contributed by atoms with E-state index in [1.54, 1.807) is 6.92 Å². The van der Waals surface area contributed by atoms with Crippen LogP contribution in [-0.2, 0) is 9.59 Å². The van der Waals surface area contributed by atoms with Gasteiger partial charge < -0.3 is 5.11 Å². The Morgan fingerprint density at radius 2 is 2.20 bits per heavy atom. The Morgan fingerprint density at radius 1 is 1.70 bits per heavy atom. The molecule has 4 nitrogen and oxygen atoms in total. The van der Waals surface area contributed by atoms with E-state index in [9.17, 15) is 9.59 Å². The zero-order valence-electron chi connectivity index (χ0n) is 5.50. The number of hydrogen-bond acceptors (Lipinski definition) is 3. The zero-order valence-corrected chi connectivity index (χ0v) is 5.50. The van der Waals surface area contributed by atoms with Gasteiger partial charge in [-0.3, -0.25) is 9.59 Å². The number of rotatable bonds is 3. The zero-order chi connectivity index (χ0) is 8.15. The van der Waals surface area contributed by atoms with Crippen molar-refractivity contribution in [1.82, 2.24) is 0 Å². The van der Waals surface area contributed by atoms with Crippen molar-refractivity contribution in [2.24, 2.45) is 5.92 Å². The van der Waals surface area contributed by atoms with E-state index < -0.39 is 17.7 Å². The number of carboxylic acids is 1. The summed E-state index contributed by atoms with van der Waals surface area (Å²) in [5.41, 5.74) is 0. The van der Waals surface area contributed by atoms with Gasteiger partial charge in [0.05, 0.1) is 0 Å². The second-order valence-corrected chi connectivity index (χ2v) is 1.78. The monoisotopic (exact) mass is 141 g/mol. The molecule has 0 aliphatic carbocycles. The molecule has 1 unspecified atom stereocenters. The van der Waals surface area contributed by atoms with Gasteiger partial charge in [-0.05, 0) is 6.42 Å². The first-order valence-corrected chi connectivity index (χ1v) is 2.80. The van der Waals surface area contributed by atoms with Crippen molar-refractivity contribution in [3.63, 3.8) is 0 Å². The number of Topliss-reactive ketones (excluding diaryl/α,β-unsaturated/α-hetero) is 1. The Morgan fingerprint density at radius 3 is 2.30 bits per heavy atom. The van der Waals surface area contributed by atoms with Gasteiger partial charge in [0.15, 0.2) is 0 Å². The summed E-state index contributed by atoms with van der Waals surface area (Å²) in [5, 5.41) is 16.3. The Bertz CT molecular complexity index is 192. The SMILES string of the molecule is CCC(C(=O)O)C(=O)C#N. The van der Waals surface area contributed by atoms with Crippen molar-refractivity contribution in [3.05, 3.63) is 0 Å². The van der Waals surface area contributed by atoms with Gasteiger partial charge in [-0.1, -0.05) is 6.92 Å². The third-order valence-electron chi connectivity index (χ3n) is 1.13. The fraction of sp³-hybridized carbons (Fsp3) is 0.500. The van der Waals surface area contributed by atoms with Crippen LogP contribution < -0.4 is 0 Å². The van der Waals surface area contributed by atoms with E-state index in [-0.39, 0.29) is 6.42 Å². The van der Waals surface area contributed by atoms with Crippen molar-refractivity contribution in [2.75, 3.05) is 0 Å². The highest BCUT2D eigenvalue weighted by atomic mass is 16.4. The maximum Gasteiger partial charge on any atom is 0.315 e. The largest absolute Gasteiger partial charge is 0.481 e. The van der Waals surface area contributed by atoms with E-state index >= 15 is 0 Å². The molecular formula is C6H7NO3. The maximum atomic E-state index is 10.4. The van der Waals surface area contributed by atoms with Gasteiger partial charge in [0.1, 0.15) is 12.0 Å². The van der Waals surface area contributed by atoms with Crippen molar-refractivity contribution < 1.29 is 14.7 Å². The highest BCUT2D eigenvalue weighted by molar-refractivity contribution is 6.06. The number of hydrogen-bond donors (Lipinski definition) is 1. The van der Waals surface area contributed by atoms with Crippen molar-refractivity contribution in [1.29, 1.82) is 5.26 Å². The molecule has 0 aliphatic rings. The molecule has 0 rings (SSSR count). The Balaban J connectivity index is 4.25. The second-order valence-electron chi connectivity index (χ2n) is 1.78. The van der Waals surface area contributed by atoms with Crippen LogP contribution in [-0.4, -0.2) is 16.9 Å². The highest BCUT2D eigenvalue weighted by Crippen LogP contribution is 2.02. The van der Waals surface area contributed by atoms with Gasteiger partial charge in [0.25, 0.3) is 0 Å². The minimum absolute atomic E-state index is 0.168. The summed E-state index contributed by atoms with van der Waals surface area (Å²) >= 11 is 0. The minimum atomic E-state index is -1.23. The first-order valence-electron chi connectivity index (χ1n) is 2.80. The highest BCUT2D eigenvalue weighted by Gasteiger charge is 2.23. The van der Waals surface area contributed by atoms with Crippen LogP contribution in [0.3, 0.4) is 0 Å². The molecule has 0 aromatic heterocycles.